The molecule has 3 aromatic rings. The monoisotopic (exact) mass is 422 g/mol. The number of hydrogen-bond donors (Lipinski definition) is 2. The SMILES string of the molecule is Cc1cc(/C=N/NC(=O)Nc2ccc(Cl)cc2)c(C)n1-c1ccc(C(C)(C)C)cc1. The molecule has 30 heavy (non-hydrogen) atoms. The number of aryl methyl sites for hydroxylation is 1. The first-order chi connectivity index (χ1) is 14.1. The molecule has 0 radical (unpaired) electrons. The molecule has 156 valence electrons. The van der Waals surface area contributed by atoms with E-state index in [0.717, 1.165) is 22.6 Å². The van der Waals surface area contributed by atoms with Gasteiger partial charge in [0.05, 0.1) is 6.21 Å². The minimum absolute atomic E-state index is 0.120. The van der Waals surface area contributed by atoms with E-state index in [4.69, 9.17) is 11.6 Å². The molecule has 2 amide bonds. The molecular weight excluding hydrogens is 396 g/mol. The zero-order chi connectivity index (χ0) is 21.9. The highest BCUT2D eigenvalue weighted by Crippen LogP contribution is 2.25. The van der Waals surface area contributed by atoms with Gasteiger partial charge in [0, 0.05) is 33.3 Å². The average Bonchev–Trinajstić information content (AvgIpc) is 2.96. The molecule has 6 heteroatoms. The topological polar surface area (TPSA) is 58.4 Å². The third kappa shape index (κ3) is 5.10. The van der Waals surface area contributed by atoms with Crippen molar-refractivity contribution in [2.24, 2.45) is 5.10 Å². The van der Waals surface area contributed by atoms with Crippen LogP contribution < -0.4 is 10.7 Å². The number of benzene rings is 2. The molecule has 1 heterocycles. The van der Waals surface area contributed by atoms with Crippen molar-refractivity contribution in [3.8, 4) is 5.69 Å². The highest BCUT2D eigenvalue weighted by molar-refractivity contribution is 6.30. The fourth-order valence-corrected chi connectivity index (χ4v) is 3.40. The third-order valence-electron chi connectivity index (χ3n) is 4.93. The lowest BCUT2D eigenvalue weighted by Crippen LogP contribution is -2.24. The Morgan fingerprint density at radius 3 is 2.27 bits per heavy atom. The number of nitrogens with zero attached hydrogens (tertiary/aromatic N) is 2. The number of amides is 2. The zero-order valence-electron chi connectivity index (χ0n) is 18.0. The van der Waals surface area contributed by atoms with Crippen LogP contribution in [0.2, 0.25) is 5.02 Å². The minimum atomic E-state index is -0.417. The van der Waals surface area contributed by atoms with E-state index in [9.17, 15) is 4.79 Å². The summed E-state index contributed by atoms with van der Waals surface area (Å²) in [5.74, 6) is 0. The maximum Gasteiger partial charge on any atom is 0.339 e. The summed E-state index contributed by atoms with van der Waals surface area (Å²) in [6.45, 7) is 10.7. The highest BCUT2D eigenvalue weighted by Gasteiger charge is 2.14. The first-order valence-electron chi connectivity index (χ1n) is 9.80. The van der Waals surface area contributed by atoms with Gasteiger partial charge in [0.2, 0.25) is 0 Å². The van der Waals surface area contributed by atoms with E-state index in [1.807, 2.05) is 6.92 Å². The van der Waals surface area contributed by atoms with Crippen LogP contribution in [0.1, 0.15) is 43.3 Å². The zero-order valence-corrected chi connectivity index (χ0v) is 18.7. The number of rotatable bonds is 4. The molecule has 0 aliphatic carbocycles. The standard InChI is InChI=1S/C24H27ClN4O/c1-16-14-18(15-26-28-23(30)27-21-10-8-20(25)9-11-21)17(2)29(16)22-12-6-19(7-13-22)24(3,4)5/h6-15H,1-5H3,(H2,27,28,30)/b26-15+. The number of nitrogens with one attached hydrogen (secondary N) is 2. The Morgan fingerprint density at radius 2 is 1.67 bits per heavy atom. The molecule has 0 spiro atoms. The summed E-state index contributed by atoms with van der Waals surface area (Å²) in [6.07, 6.45) is 1.66. The van der Waals surface area contributed by atoms with Crippen LogP contribution in [0.5, 0.6) is 0 Å². The summed E-state index contributed by atoms with van der Waals surface area (Å²) in [7, 11) is 0. The summed E-state index contributed by atoms with van der Waals surface area (Å²) < 4.78 is 2.18. The van der Waals surface area contributed by atoms with Crippen molar-refractivity contribution in [3.63, 3.8) is 0 Å². The second-order valence-corrected chi connectivity index (χ2v) is 8.73. The van der Waals surface area contributed by atoms with Crippen molar-refractivity contribution in [2.45, 2.75) is 40.0 Å². The summed E-state index contributed by atoms with van der Waals surface area (Å²) in [5.41, 5.74) is 8.75. The maximum atomic E-state index is 12.0. The molecule has 2 N–H and O–H groups in total. The van der Waals surface area contributed by atoms with Crippen molar-refractivity contribution < 1.29 is 4.79 Å². The van der Waals surface area contributed by atoms with E-state index < -0.39 is 6.03 Å². The van der Waals surface area contributed by atoms with Gasteiger partial charge in [-0.15, -0.1) is 0 Å². The van der Waals surface area contributed by atoms with Crippen LogP contribution in [0.4, 0.5) is 10.5 Å². The predicted octanol–water partition coefficient (Wildman–Crippen LogP) is 6.20. The lowest BCUT2D eigenvalue weighted by atomic mass is 9.87. The lowest BCUT2D eigenvalue weighted by Gasteiger charge is -2.20. The largest absolute Gasteiger partial charge is 0.339 e. The van der Waals surface area contributed by atoms with Gasteiger partial charge in [-0.3, -0.25) is 0 Å². The van der Waals surface area contributed by atoms with Crippen molar-refractivity contribution >= 4 is 29.5 Å². The number of anilines is 1. The molecular formula is C24H27ClN4O. The molecule has 0 saturated heterocycles. The van der Waals surface area contributed by atoms with E-state index in [-0.39, 0.29) is 5.41 Å². The van der Waals surface area contributed by atoms with Crippen LogP contribution in [0.25, 0.3) is 5.69 Å². The molecule has 5 nitrogen and oxygen atoms in total. The normalized spacial score (nSPS) is 11.7. The summed E-state index contributed by atoms with van der Waals surface area (Å²) in [6, 6.07) is 17.1. The highest BCUT2D eigenvalue weighted by atomic mass is 35.5. The first kappa shape index (κ1) is 21.7. The molecule has 0 bridgehead atoms. The lowest BCUT2D eigenvalue weighted by molar-refractivity contribution is 0.252. The Labute approximate surface area is 182 Å². The van der Waals surface area contributed by atoms with Crippen molar-refractivity contribution in [3.05, 3.63) is 82.1 Å². The summed E-state index contributed by atoms with van der Waals surface area (Å²) in [5, 5.41) is 7.40. The Morgan fingerprint density at radius 1 is 1.03 bits per heavy atom. The fourth-order valence-electron chi connectivity index (χ4n) is 3.28. The molecule has 0 atom stereocenters. The van der Waals surface area contributed by atoms with Crippen LogP contribution in [0.3, 0.4) is 0 Å². The quantitative estimate of drug-likeness (QED) is 0.381. The van der Waals surface area contributed by atoms with Gasteiger partial charge in [0.15, 0.2) is 0 Å². The Bertz CT molecular complexity index is 1060. The maximum absolute atomic E-state index is 12.0. The van der Waals surface area contributed by atoms with Crippen LogP contribution >= 0.6 is 11.6 Å². The number of halogens is 1. The van der Waals surface area contributed by atoms with E-state index >= 15 is 0 Å². The Hall–Kier alpha value is -3.05. The van der Waals surface area contributed by atoms with Crippen molar-refractivity contribution in [1.82, 2.24) is 9.99 Å². The molecule has 1 aromatic heterocycles. The van der Waals surface area contributed by atoms with Crippen LogP contribution in [-0.2, 0) is 5.41 Å². The van der Waals surface area contributed by atoms with E-state index in [1.54, 1.807) is 30.5 Å². The van der Waals surface area contributed by atoms with Gasteiger partial charge in [-0.05, 0) is 67.3 Å². The van der Waals surface area contributed by atoms with Gasteiger partial charge < -0.3 is 9.88 Å². The van der Waals surface area contributed by atoms with Crippen LogP contribution in [0, 0.1) is 13.8 Å². The first-order valence-corrected chi connectivity index (χ1v) is 10.2. The van der Waals surface area contributed by atoms with Gasteiger partial charge in [0.25, 0.3) is 0 Å². The summed E-state index contributed by atoms with van der Waals surface area (Å²) in [4.78, 5) is 12.0. The molecule has 0 aliphatic heterocycles. The average molecular weight is 423 g/mol. The molecule has 3 rings (SSSR count). The molecule has 0 unspecified atom stereocenters. The number of hydrogen-bond acceptors (Lipinski definition) is 2. The minimum Gasteiger partial charge on any atom is -0.318 e. The van der Waals surface area contributed by atoms with Gasteiger partial charge >= 0.3 is 6.03 Å². The number of carbonyl (C=O) groups is 1. The Kier molecular flexibility index (Phi) is 6.32. The molecule has 0 fully saturated rings. The number of urea groups is 1. The second-order valence-electron chi connectivity index (χ2n) is 8.29. The molecule has 0 aliphatic rings. The van der Waals surface area contributed by atoms with E-state index in [1.165, 1.54) is 5.56 Å². The predicted molar refractivity (Wildman–Crippen MR) is 125 cm³/mol. The summed E-state index contributed by atoms with van der Waals surface area (Å²) >= 11 is 5.85. The molecule has 0 saturated carbocycles. The van der Waals surface area contributed by atoms with Gasteiger partial charge in [-0.1, -0.05) is 44.5 Å². The van der Waals surface area contributed by atoms with Gasteiger partial charge in [-0.2, -0.15) is 5.10 Å². The van der Waals surface area contributed by atoms with E-state index in [2.05, 4.69) is 78.4 Å². The van der Waals surface area contributed by atoms with Crippen LogP contribution in [-0.4, -0.2) is 16.8 Å². The molecule has 2 aromatic carbocycles. The fraction of sp³-hybridized carbons (Fsp3) is 0.250. The van der Waals surface area contributed by atoms with Gasteiger partial charge in [0.1, 0.15) is 0 Å². The van der Waals surface area contributed by atoms with E-state index in [0.29, 0.717) is 10.7 Å². The number of hydrazone groups is 1. The van der Waals surface area contributed by atoms with Crippen molar-refractivity contribution in [1.29, 1.82) is 0 Å². The second kappa shape index (κ2) is 8.76. The van der Waals surface area contributed by atoms with Gasteiger partial charge in [-0.25, -0.2) is 10.2 Å². The number of aromatic nitrogens is 1. The number of carbonyl (C=O) groups excluding carboxylic acids is 1. The van der Waals surface area contributed by atoms with Crippen LogP contribution in [0.15, 0.2) is 59.7 Å². The Balaban J connectivity index is 1.70. The third-order valence-corrected chi connectivity index (χ3v) is 5.19. The van der Waals surface area contributed by atoms with Crippen molar-refractivity contribution in [2.75, 3.05) is 5.32 Å². The smallest absolute Gasteiger partial charge is 0.318 e.